The molecule has 0 atom stereocenters. The van der Waals surface area contributed by atoms with Crippen molar-refractivity contribution in [3.63, 3.8) is 0 Å². The molecule has 0 aliphatic carbocycles. The highest BCUT2D eigenvalue weighted by molar-refractivity contribution is 6.35. The van der Waals surface area contributed by atoms with Crippen LogP contribution < -0.4 is 16.4 Å². The predicted molar refractivity (Wildman–Crippen MR) is 109 cm³/mol. The highest BCUT2D eigenvalue weighted by atomic mass is 35.5. The average molecular weight is 400 g/mol. The Balaban J connectivity index is 1.87. The summed E-state index contributed by atoms with van der Waals surface area (Å²) in [5, 5.41) is 6.06. The number of carbonyl (C=O) groups excluding carboxylic acids is 2. The Labute approximate surface area is 166 Å². The maximum Gasteiger partial charge on any atom is 0.323 e. The molecule has 0 unspecified atom stereocenters. The van der Waals surface area contributed by atoms with Crippen LogP contribution in [0.2, 0.25) is 10.0 Å². The Kier molecular flexibility index (Phi) is 5.64. The van der Waals surface area contributed by atoms with Crippen molar-refractivity contribution in [2.75, 3.05) is 10.6 Å². The van der Waals surface area contributed by atoms with E-state index in [2.05, 4.69) is 10.6 Å². The zero-order valence-corrected chi connectivity index (χ0v) is 15.5. The van der Waals surface area contributed by atoms with Crippen molar-refractivity contribution in [3.8, 4) is 11.1 Å². The largest absolute Gasteiger partial charge is 0.366 e. The minimum atomic E-state index is -0.643. The van der Waals surface area contributed by atoms with E-state index in [0.717, 1.165) is 11.1 Å². The van der Waals surface area contributed by atoms with E-state index in [1.54, 1.807) is 36.4 Å². The van der Waals surface area contributed by atoms with E-state index in [0.29, 0.717) is 21.4 Å². The van der Waals surface area contributed by atoms with Gasteiger partial charge in [0.15, 0.2) is 0 Å². The molecule has 0 radical (unpaired) electrons. The Bertz CT molecular complexity index is 987. The number of halogens is 2. The van der Waals surface area contributed by atoms with Gasteiger partial charge in [-0.25, -0.2) is 4.79 Å². The van der Waals surface area contributed by atoms with Gasteiger partial charge in [0, 0.05) is 15.7 Å². The highest BCUT2D eigenvalue weighted by Crippen LogP contribution is 2.26. The third kappa shape index (κ3) is 4.78. The van der Waals surface area contributed by atoms with E-state index in [4.69, 9.17) is 28.9 Å². The number of nitrogens with two attached hydrogens (primary N) is 1. The van der Waals surface area contributed by atoms with Gasteiger partial charge < -0.3 is 16.4 Å². The predicted octanol–water partition coefficient (Wildman–Crippen LogP) is 5.40. The van der Waals surface area contributed by atoms with Crippen LogP contribution in [0.15, 0.2) is 66.7 Å². The summed E-state index contributed by atoms with van der Waals surface area (Å²) in [5.41, 5.74) is 8.13. The number of rotatable bonds is 4. The van der Waals surface area contributed by atoms with Crippen LogP contribution in [0.1, 0.15) is 10.4 Å². The van der Waals surface area contributed by atoms with Crippen molar-refractivity contribution >= 4 is 46.5 Å². The molecule has 0 saturated heterocycles. The van der Waals surface area contributed by atoms with Crippen molar-refractivity contribution in [2.45, 2.75) is 0 Å². The standard InChI is InChI=1S/C20H15Cl2N3O2/c21-14-9-15(22)11-16(10-14)24-20(27)25-18-8-13(6-7-17(18)19(23)26)12-4-2-1-3-5-12/h1-11H,(H2,23,26)(H2,24,25,27). The van der Waals surface area contributed by atoms with Crippen LogP contribution in [0.4, 0.5) is 16.2 Å². The quantitative estimate of drug-likeness (QED) is 0.548. The van der Waals surface area contributed by atoms with Crippen molar-refractivity contribution in [3.05, 3.63) is 82.3 Å². The van der Waals surface area contributed by atoms with Gasteiger partial charge in [-0.2, -0.15) is 0 Å². The third-order valence-corrected chi connectivity index (χ3v) is 4.20. The summed E-state index contributed by atoms with van der Waals surface area (Å²) in [6.07, 6.45) is 0. The molecule has 3 amide bonds. The molecule has 3 aromatic carbocycles. The molecule has 4 N–H and O–H groups in total. The number of urea groups is 1. The van der Waals surface area contributed by atoms with Crippen LogP contribution in [0.5, 0.6) is 0 Å². The molecular weight excluding hydrogens is 385 g/mol. The molecule has 27 heavy (non-hydrogen) atoms. The fourth-order valence-electron chi connectivity index (χ4n) is 2.58. The second-order valence-corrected chi connectivity index (χ2v) is 6.60. The summed E-state index contributed by atoms with van der Waals surface area (Å²) in [6.45, 7) is 0. The Hall–Kier alpha value is -3.02. The second-order valence-electron chi connectivity index (χ2n) is 5.73. The molecule has 7 heteroatoms. The number of hydrogen-bond acceptors (Lipinski definition) is 2. The van der Waals surface area contributed by atoms with E-state index in [1.807, 2.05) is 30.3 Å². The molecule has 3 aromatic rings. The van der Waals surface area contributed by atoms with Gasteiger partial charge in [0.1, 0.15) is 0 Å². The van der Waals surface area contributed by atoms with Gasteiger partial charge >= 0.3 is 6.03 Å². The first-order chi connectivity index (χ1) is 12.9. The van der Waals surface area contributed by atoms with E-state index in [-0.39, 0.29) is 5.56 Å². The molecule has 0 bridgehead atoms. The van der Waals surface area contributed by atoms with Crippen molar-refractivity contribution in [1.29, 1.82) is 0 Å². The number of anilines is 2. The minimum absolute atomic E-state index is 0.203. The first-order valence-corrected chi connectivity index (χ1v) is 8.71. The zero-order valence-electron chi connectivity index (χ0n) is 14.0. The monoisotopic (exact) mass is 399 g/mol. The number of benzene rings is 3. The summed E-state index contributed by atoms with van der Waals surface area (Å²) in [5.74, 6) is -0.643. The van der Waals surface area contributed by atoms with Crippen molar-refractivity contribution in [1.82, 2.24) is 0 Å². The maximum atomic E-state index is 12.4. The van der Waals surface area contributed by atoms with Crippen LogP contribution in [0, 0.1) is 0 Å². The first-order valence-electron chi connectivity index (χ1n) is 7.96. The van der Waals surface area contributed by atoms with E-state index in [9.17, 15) is 9.59 Å². The lowest BCUT2D eigenvalue weighted by atomic mass is 10.0. The number of primary amides is 1. The third-order valence-electron chi connectivity index (χ3n) is 3.76. The lowest BCUT2D eigenvalue weighted by molar-refractivity contribution is 0.100. The normalized spacial score (nSPS) is 10.3. The molecule has 0 aliphatic rings. The van der Waals surface area contributed by atoms with Crippen LogP contribution in [-0.4, -0.2) is 11.9 Å². The number of carbonyl (C=O) groups is 2. The van der Waals surface area contributed by atoms with Gasteiger partial charge in [0.2, 0.25) is 0 Å². The number of hydrogen-bond donors (Lipinski definition) is 3. The smallest absolute Gasteiger partial charge is 0.323 e. The van der Waals surface area contributed by atoms with Gasteiger partial charge in [-0.1, -0.05) is 59.6 Å². The van der Waals surface area contributed by atoms with Crippen LogP contribution >= 0.6 is 23.2 Å². The van der Waals surface area contributed by atoms with Gasteiger partial charge in [-0.3, -0.25) is 4.79 Å². The molecular formula is C20H15Cl2N3O2. The summed E-state index contributed by atoms with van der Waals surface area (Å²) in [6, 6.07) is 18.7. The fraction of sp³-hybridized carbons (Fsp3) is 0. The number of amides is 3. The summed E-state index contributed by atoms with van der Waals surface area (Å²) in [4.78, 5) is 24.1. The van der Waals surface area contributed by atoms with Gasteiger partial charge in [-0.15, -0.1) is 0 Å². The minimum Gasteiger partial charge on any atom is -0.366 e. The van der Waals surface area contributed by atoms with Gasteiger partial charge in [0.25, 0.3) is 5.91 Å². The average Bonchev–Trinajstić information content (AvgIpc) is 2.61. The summed E-state index contributed by atoms with van der Waals surface area (Å²) >= 11 is 11.9. The fourth-order valence-corrected chi connectivity index (χ4v) is 3.11. The molecule has 3 rings (SSSR count). The Morgan fingerprint density at radius 1 is 0.778 bits per heavy atom. The lowest BCUT2D eigenvalue weighted by Crippen LogP contribution is -2.22. The Morgan fingerprint density at radius 2 is 1.44 bits per heavy atom. The SMILES string of the molecule is NC(=O)c1ccc(-c2ccccc2)cc1NC(=O)Nc1cc(Cl)cc(Cl)c1. The summed E-state index contributed by atoms with van der Waals surface area (Å²) < 4.78 is 0. The van der Waals surface area contributed by atoms with Crippen molar-refractivity contribution in [2.24, 2.45) is 5.73 Å². The highest BCUT2D eigenvalue weighted by Gasteiger charge is 2.13. The summed E-state index contributed by atoms with van der Waals surface area (Å²) in [7, 11) is 0. The molecule has 5 nitrogen and oxygen atoms in total. The first kappa shape index (κ1) is 18.8. The molecule has 0 saturated carbocycles. The second kappa shape index (κ2) is 8.12. The number of nitrogens with one attached hydrogen (secondary N) is 2. The topological polar surface area (TPSA) is 84.2 Å². The molecule has 136 valence electrons. The molecule has 0 spiro atoms. The Morgan fingerprint density at radius 3 is 2.07 bits per heavy atom. The van der Waals surface area contributed by atoms with Crippen molar-refractivity contribution < 1.29 is 9.59 Å². The van der Waals surface area contributed by atoms with Gasteiger partial charge in [0.05, 0.1) is 11.3 Å². The van der Waals surface area contributed by atoms with E-state index < -0.39 is 11.9 Å². The molecule has 0 heterocycles. The van der Waals surface area contributed by atoms with E-state index in [1.165, 1.54) is 0 Å². The molecule has 0 aliphatic heterocycles. The zero-order chi connectivity index (χ0) is 19.4. The van der Waals surface area contributed by atoms with Gasteiger partial charge in [-0.05, 0) is 41.5 Å². The van der Waals surface area contributed by atoms with Crippen LogP contribution in [0.25, 0.3) is 11.1 Å². The van der Waals surface area contributed by atoms with E-state index >= 15 is 0 Å². The molecule has 0 aromatic heterocycles. The van der Waals surface area contributed by atoms with Crippen LogP contribution in [-0.2, 0) is 0 Å². The molecule has 0 fully saturated rings. The lowest BCUT2D eigenvalue weighted by Gasteiger charge is -2.13. The van der Waals surface area contributed by atoms with Crippen LogP contribution in [0.3, 0.4) is 0 Å². The maximum absolute atomic E-state index is 12.4.